The van der Waals surface area contributed by atoms with Crippen LogP contribution in [0.4, 0.5) is 4.39 Å². The second-order valence-corrected chi connectivity index (χ2v) is 3.56. The smallest absolute Gasteiger partial charge is 0.323 e. The number of aliphatic carboxylic acids is 1. The highest BCUT2D eigenvalue weighted by Crippen LogP contribution is 2.14. The Morgan fingerprint density at radius 1 is 1.73 bits per heavy atom. The summed E-state index contributed by atoms with van der Waals surface area (Å²) in [4.78, 5) is 10.6. The minimum atomic E-state index is -1.60. The molecule has 15 heavy (non-hydrogen) atoms. The fraction of sp³-hybridized carbons (Fsp3) is 0.556. The topological polar surface area (TPSA) is 99.2 Å². The molecular formula is C9H16FN3O2. The van der Waals surface area contributed by atoms with Gasteiger partial charge in [-0.3, -0.25) is 10.2 Å². The van der Waals surface area contributed by atoms with Crippen molar-refractivity contribution in [2.24, 2.45) is 5.73 Å². The fourth-order valence-electron chi connectivity index (χ4n) is 0.813. The number of amidine groups is 1. The number of carboxylic acid groups (broad SMARTS) is 1. The molecule has 0 aliphatic heterocycles. The molecule has 0 bridgehead atoms. The second-order valence-electron chi connectivity index (χ2n) is 3.56. The number of rotatable bonds is 5. The third-order valence-corrected chi connectivity index (χ3v) is 1.72. The van der Waals surface area contributed by atoms with E-state index in [0.29, 0.717) is 0 Å². The van der Waals surface area contributed by atoms with E-state index in [0.717, 1.165) is 0 Å². The van der Waals surface area contributed by atoms with Gasteiger partial charge in [0.2, 0.25) is 0 Å². The number of nitrogens with one attached hydrogen (secondary N) is 2. The Labute approximate surface area is 87.7 Å². The van der Waals surface area contributed by atoms with Crippen LogP contribution in [0.2, 0.25) is 0 Å². The van der Waals surface area contributed by atoms with E-state index in [1.165, 1.54) is 19.9 Å². The highest BCUT2D eigenvalue weighted by Gasteiger charge is 2.29. The number of hydrogen-bond acceptors (Lipinski definition) is 3. The van der Waals surface area contributed by atoms with Gasteiger partial charge in [0.25, 0.3) is 0 Å². The maximum Gasteiger partial charge on any atom is 0.323 e. The van der Waals surface area contributed by atoms with Gasteiger partial charge in [0.1, 0.15) is 11.4 Å². The first kappa shape index (κ1) is 13.6. The maximum absolute atomic E-state index is 13.1. The van der Waals surface area contributed by atoms with Gasteiger partial charge in [-0.05, 0) is 19.9 Å². The van der Waals surface area contributed by atoms with Gasteiger partial charge in [0.05, 0.1) is 5.84 Å². The number of hydrogen-bond donors (Lipinski definition) is 4. The van der Waals surface area contributed by atoms with Crippen molar-refractivity contribution in [2.45, 2.75) is 25.8 Å². The van der Waals surface area contributed by atoms with Crippen molar-refractivity contribution in [3.05, 3.63) is 11.9 Å². The molecule has 0 aliphatic carbocycles. The van der Waals surface area contributed by atoms with E-state index in [1.54, 1.807) is 0 Å². The normalized spacial score (nSPS) is 15.6. The van der Waals surface area contributed by atoms with Crippen LogP contribution in [-0.2, 0) is 4.79 Å². The average molecular weight is 217 g/mol. The van der Waals surface area contributed by atoms with Crippen molar-refractivity contribution >= 4 is 11.8 Å². The number of carboxylic acids is 1. The van der Waals surface area contributed by atoms with Gasteiger partial charge in [-0.25, -0.2) is 4.39 Å². The number of halogens is 1. The summed E-state index contributed by atoms with van der Waals surface area (Å²) in [5.41, 5.74) is 3.75. The Morgan fingerprint density at radius 3 is 2.67 bits per heavy atom. The highest BCUT2D eigenvalue weighted by molar-refractivity contribution is 5.78. The summed E-state index contributed by atoms with van der Waals surface area (Å²) < 4.78 is 13.1. The van der Waals surface area contributed by atoms with Gasteiger partial charge < -0.3 is 16.2 Å². The third kappa shape index (κ3) is 5.79. The van der Waals surface area contributed by atoms with Gasteiger partial charge in [-0.2, -0.15) is 0 Å². The first-order valence-corrected chi connectivity index (χ1v) is 4.41. The molecule has 0 fully saturated rings. The Bertz CT molecular complexity index is 287. The fourth-order valence-corrected chi connectivity index (χ4v) is 0.813. The Morgan fingerprint density at radius 2 is 2.27 bits per heavy atom. The van der Waals surface area contributed by atoms with Crippen LogP contribution in [0.5, 0.6) is 0 Å². The van der Waals surface area contributed by atoms with Gasteiger partial charge >= 0.3 is 5.97 Å². The van der Waals surface area contributed by atoms with Gasteiger partial charge in [-0.1, -0.05) is 0 Å². The minimum Gasteiger partial charge on any atom is -0.480 e. The predicted molar refractivity (Wildman–Crippen MR) is 55.4 cm³/mol. The second kappa shape index (κ2) is 5.45. The summed E-state index contributed by atoms with van der Waals surface area (Å²) in [7, 11) is 0. The van der Waals surface area contributed by atoms with E-state index in [2.05, 4.69) is 5.32 Å². The Kier molecular flexibility index (Phi) is 4.93. The molecule has 0 heterocycles. The molecule has 0 saturated heterocycles. The molecule has 0 spiro atoms. The first-order chi connectivity index (χ1) is 6.75. The molecule has 1 atom stereocenters. The monoisotopic (exact) mass is 217 g/mol. The van der Waals surface area contributed by atoms with Crippen LogP contribution in [-0.4, -0.2) is 29.0 Å². The summed E-state index contributed by atoms with van der Waals surface area (Å²) in [5.74, 6) is -1.63. The molecule has 1 unspecified atom stereocenters. The molecule has 6 heteroatoms. The summed E-state index contributed by atoms with van der Waals surface area (Å²) >= 11 is 0. The van der Waals surface area contributed by atoms with Gasteiger partial charge in [0.15, 0.2) is 0 Å². The largest absolute Gasteiger partial charge is 0.480 e. The molecule has 5 nitrogen and oxygen atoms in total. The molecule has 0 amide bonds. The number of nitrogens with two attached hydrogens (primary N) is 1. The van der Waals surface area contributed by atoms with E-state index in [9.17, 15) is 9.18 Å². The van der Waals surface area contributed by atoms with Crippen LogP contribution in [0.25, 0.3) is 0 Å². The average Bonchev–Trinajstić information content (AvgIpc) is 2.01. The van der Waals surface area contributed by atoms with E-state index < -0.39 is 17.3 Å². The lowest BCUT2D eigenvalue weighted by molar-refractivity contribution is -0.142. The number of carbonyl (C=O) groups is 1. The SMILES string of the molecule is CC(=N)NC/C=C(/F)CC(C)(N)C(=O)O. The molecule has 86 valence electrons. The minimum absolute atomic E-state index is 0.150. The molecule has 5 N–H and O–H groups in total. The maximum atomic E-state index is 13.1. The molecule has 0 aliphatic rings. The van der Waals surface area contributed by atoms with E-state index in [4.69, 9.17) is 16.2 Å². The molecule has 0 aromatic heterocycles. The summed E-state index contributed by atoms with van der Waals surface area (Å²) in [6.07, 6.45) is 0.813. The summed E-state index contributed by atoms with van der Waals surface area (Å²) in [5, 5.41) is 18.2. The van der Waals surface area contributed by atoms with Crippen LogP contribution >= 0.6 is 0 Å². The van der Waals surface area contributed by atoms with Gasteiger partial charge in [0, 0.05) is 13.0 Å². The predicted octanol–water partition coefficient (Wildman–Crippen LogP) is 0.619. The molecule has 0 aromatic rings. The van der Waals surface area contributed by atoms with Crippen molar-refractivity contribution in [1.29, 1.82) is 5.41 Å². The molecule has 0 saturated carbocycles. The lowest BCUT2D eigenvalue weighted by Crippen LogP contribution is -2.44. The van der Waals surface area contributed by atoms with Crippen molar-refractivity contribution < 1.29 is 14.3 Å². The van der Waals surface area contributed by atoms with Crippen LogP contribution in [0.15, 0.2) is 11.9 Å². The van der Waals surface area contributed by atoms with Crippen LogP contribution in [0, 0.1) is 5.41 Å². The van der Waals surface area contributed by atoms with Gasteiger partial charge in [-0.15, -0.1) is 0 Å². The van der Waals surface area contributed by atoms with Crippen molar-refractivity contribution in [3.8, 4) is 0 Å². The first-order valence-electron chi connectivity index (χ1n) is 4.41. The Balaban J connectivity index is 4.17. The van der Waals surface area contributed by atoms with Crippen molar-refractivity contribution in [2.75, 3.05) is 6.54 Å². The lowest BCUT2D eigenvalue weighted by Gasteiger charge is -2.17. The third-order valence-electron chi connectivity index (χ3n) is 1.72. The van der Waals surface area contributed by atoms with Crippen molar-refractivity contribution in [3.63, 3.8) is 0 Å². The summed E-state index contributed by atoms with van der Waals surface area (Å²) in [6.45, 7) is 2.92. The van der Waals surface area contributed by atoms with Crippen LogP contribution in [0.3, 0.4) is 0 Å². The van der Waals surface area contributed by atoms with E-state index in [1.807, 2.05) is 0 Å². The molecule has 0 rings (SSSR count). The standard InChI is InChI=1S/C9H16FN3O2/c1-6(11)13-4-3-7(10)5-9(2,12)8(14)15/h3H,4-5,12H2,1-2H3,(H2,11,13)(H,14,15)/b7-3+. The molecule has 0 radical (unpaired) electrons. The molecular weight excluding hydrogens is 201 g/mol. The zero-order valence-electron chi connectivity index (χ0n) is 8.80. The van der Waals surface area contributed by atoms with Crippen molar-refractivity contribution in [1.82, 2.24) is 5.32 Å². The van der Waals surface area contributed by atoms with E-state index in [-0.39, 0.29) is 18.8 Å². The quantitative estimate of drug-likeness (QED) is 0.400. The van der Waals surface area contributed by atoms with Crippen LogP contribution < -0.4 is 11.1 Å². The lowest BCUT2D eigenvalue weighted by atomic mass is 9.99. The zero-order chi connectivity index (χ0) is 12.1. The van der Waals surface area contributed by atoms with Crippen LogP contribution in [0.1, 0.15) is 20.3 Å². The molecule has 0 aromatic carbocycles. The zero-order valence-corrected chi connectivity index (χ0v) is 8.80. The Hall–Kier alpha value is -1.43. The van der Waals surface area contributed by atoms with E-state index >= 15 is 0 Å². The highest BCUT2D eigenvalue weighted by atomic mass is 19.1. The summed E-state index contributed by atoms with van der Waals surface area (Å²) in [6, 6.07) is 0.